The van der Waals surface area contributed by atoms with Crippen LogP contribution in [0.4, 0.5) is 5.69 Å². The van der Waals surface area contributed by atoms with Crippen molar-refractivity contribution in [2.75, 3.05) is 4.90 Å². The number of rotatable bonds is 4. The molecule has 0 aliphatic carbocycles. The van der Waals surface area contributed by atoms with Gasteiger partial charge in [-0.2, -0.15) is 5.10 Å². The molecule has 2 amide bonds. The molecule has 1 unspecified atom stereocenters. The van der Waals surface area contributed by atoms with E-state index in [1.807, 2.05) is 37.3 Å². The van der Waals surface area contributed by atoms with E-state index in [1.165, 1.54) is 12.1 Å². The minimum absolute atomic E-state index is 0.00998. The van der Waals surface area contributed by atoms with Crippen LogP contribution in [0.15, 0.2) is 58.7 Å². The normalized spacial score (nSPS) is 18.1. The van der Waals surface area contributed by atoms with Gasteiger partial charge in [0.05, 0.1) is 16.4 Å². The average molecular weight is 435 g/mol. The summed E-state index contributed by atoms with van der Waals surface area (Å²) >= 11 is 13.1. The van der Waals surface area contributed by atoms with Crippen molar-refractivity contribution >= 4 is 63.3 Å². The summed E-state index contributed by atoms with van der Waals surface area (Å²) in [7, 11) is 0. The maximum absolute atomic E-state index is 12.7. The summed E-state index contributed by atoms with van der Waals surface area (Å²) in [6.07, 6.45) is -0.00998. The number of imide groups is 1. The second-order valence-electron chi connectivity index (χ2n) is 5.96. The zero-order chi connectivity index (χ0) is 20.3. The summed E-state index contributed by atoms with van der Waals surface area (Å²) in [6.45, 7) is 1.81. The van der Waals surface area contributed by atoms with Crippen molar-refractivity contribution in [2.24, 2.45) is 15.9 Å². The van der Waals surface area contributed by atoms with Crippen LogP contribution >= 0.6 is 35.0 Å². The number of halogens is 2. The third-order valence-corrected chi connectivity index (χ3v) is 5.54. The van der Waals surface area contributed by atoms with E-state index in [4.69, 9.17) is 28.9 Å². The number of amides is 2. The van der Waals surface area contributed by atoms with Crippen molar-refractivity contribution < 1.29 is 9.59 Å². The van der Waals surface area contributed by atoms with Gasteiger partial charge in [-0.3, -0.25) is 9.59 Å². The Hall–Kier alpha value is -2.35. The summed E-state index contributed by atoms with van der Waals surface area (Å²) < 4.78 is 0. The van der Waals surface area contributed by atoms with Crippen molar-refractivity contribution in [3.05, 3.63) is 64.1 Å². The maximum atomic E-state index is 12.7. The zero-order valence-electron chi connectivity index (χ0n) is 14.8. The van der Waals surface area contributed by atoms with Crippen molar-refractivity contribution in [1.29, 1.82) is 0 Å². The molecule has 0 aromatic heterocycles. The molecule has 1 aliphatic rings. The van der Waals surface area contributed by atoms with Crippen LogP contribution < -0.4 is 10.6 Å². The quantitative estimate of drug-likeness (QED) is 0.339. The number of amidine groups is 1. The number of nitrogens with zero attached hydrogens (tertiary/aromatic N) is 3. The van der Waals surface area contributed by atoms with E-state index >= 15 is 0 Å². The minimum atomic E-state index is -0.696. The topological polar surface area (TPSA) is 88.1 Å². The fourth-order valence-electron chi connectivity index (χ4n) is 2.64. The van der Waals surface area contributed by atoms with Gasteiger partial charge in [0.2, 0.25) is 11.8 Å². The lowest BCUT2D eigenvalue weighted by atomic mass is 10.1. The van der Waals surface area contributed by atoms with Gasteiger partial charge in [-0.15, -0.1) is 5.10 Å². The first-order valence-corrected chi connectivity index (χ1v) is 9.92. The lowest BCUT2D eigenvalue weighted by molar-refractivity contribution is -0.121. The van der Waals surface area contributed by atoms with Gasteiger partial charge in [-0.1, -0.05) is 65.3 Å². The van der Waals surface area contributed by atoms with Gasteiger partial charge in [0.1, 0.15) is 5.25 Å². The Labute approximate surface area is 176 Å². The van der Waals surface area contributed by atoms with Crippen LogP contribution in [0.5, 0.6) is 0 Å². The predicted octanol–water partition coefficient (Wildman–Crippen LogP) is 4.10. The highest BCUT2D eigenvalue weighted by Crippen LogP contribution is 2.35. The maximum Gasteiger partial charge on any atom is 0.247 e. The number of hydrogen-bond acceptors (Lipinski definition) is 5. The standard InChI is InChI=1S/C19H16Cl2N4O2S/c1-11(12-5-3-2-4-6-12)23-24-19(22)28-16-10-17(26)25(18(16)27)15-9-13(20)7-8-14(15)21/h2-9,16H,10H2,1H3,(H2,22,24)/b23-11+. The summed E-state index contributed by atoms with van der Waals surface area (Å²) in [6, 6.07) is 14.1. The minimum Gasteiger partial charge on any atom is -0.377 e. The summed E-state index contributed by atoms with van der Waals surface area (Å²) in [5, 5.41) is 8.11. The lowest BCUT2D eigenvalue weighted by Gasteiger charge is -2.16. The van der Waals surface area contributed by atoms with E-state index in [-0.39, 0.29) is 28.2 Å². The number of benzene rings is 2. The Bertz CT molecular complexity index is 979. The second-order valence-corrected chi connectivity index (χ2v) is 8.03. The largest absolute Gasteiger partial charge is 0.377 e. The SMILES string of the molecule is C/C(=N\N=C(/N)SC1CC(=O)N(c2cc(Cl)ccc2Cl)C1=O)c1ccccc1. The highest BCUT2D eigenvalue weighted by atomic mass is 35.5. The molecule has 0 spiro atoms. The van der Waals surface area contributed by atoms with Crippen LogP contribution in [-0.4, -0.2) is 27.9 Å². The lowest BCUT2D eigenvalue weighted by Crippen LogP contribution is -2.32. The van der Waals surface area contributed by atoms with Crippen LogP contribution in [0.1, 0.15) is 18.9 Å². The van der Waals surface area contributed by atoms with E-state index in [0.717, 1.165) is 22.2 Å². The molecular weight excluding hydrogens is 419 g/mol. The first-order chi connectivity index (χ1) is 13.4. The van der Waals surface area contributed by atoms with Crippen molar-refractivity contribution in [1.82, 2.24) is 0 Å². The third kappa shape index (κ3) is 4.55. The average Bonchev–Trinajstić information content (AvgIpc) is 2.95. The van der Waals surface area contributed by atoms with Crippen LogP contribution in [0.2, 0.25) is 10.0 Å². The van der Waals surface area contributed by atoms with Crippen LogP contribution in [0.3, 0.4) is 0 Å². The van der Waals surface area contributed by atoms with E-state index < -0.39 is 11.2 Å². The fraction of sp³-hybridized carbons (Fsp3) is 0.158. The summed E-state index contributed by atoms with van der Waals surface area (Å²) in [5.41, 5.74) is 7.77. The predicted molar refractivity (Wildman–Crippen MR) is 115 cm³/mol. The number of thioether (sulfide) groups is 1. The van der Waals surface area contributed by atoms with E-state index in [2.05, 4.69) is 10.2 Å². The molecule has 6 nitrogen and oxygen atoms in total. The molecule has 0 bridgehead atoms. The molecule has 1 aliphatic heterocycles. The van der Waals surface area contributed by atoms with Gasteiger partial charge < -0.3 is 5.73 Å². The van der Waals surface area contributed by atoms with Crippen molar-refractivity contribution in [3.8, 4) is 0 Å². The van der Waals surface area contributed by atoms with Gasteiger partial charge in [0, 0.05) is 11.4 Å². The third-order valence-electron chi connectivity index (χ3n) is 4.01. The molecule has 28 heavy (non-hydrogen) atoms. The van der Waals surface area contributed by atoms with E-state index in [0.29, 0.717) is 10.7 Å². The molecule has 0 saturated carbocycles. The van der Waals surface area contributed by atoms with E-state index in [1.54, 1.807) is 6.07 Å². The molecule has 3 rings (SSSR count). The van der Waals surface area contributed by atoms with Gasteiger partial charge >= 0.3 is 0 Å². The van der Waals surface area contributed by atoms with Crippen molar-refractivity contribution in [3.63, 3.8) is 0 Å². The molecule has 144 valence electrons. The molecule has 1 saturated heterocycles. The summed E-state index contributed by atoms with van der Waals surface area (Å²) in [4.78, 5) is 26.1. The van der Waals surface area contributed by atoms with Crippen LogP contribution in [0, 0.1) is 0 Å². The number of hydrogen-bond donors (Lipinski definition) is 1. The molecule has 1 atom stereocenters. The molecule has 1 fully saturated rings. The monoisotopic (exact) mass is 434 g/mol. The Balaban J connectivity index is 1.74. The number of nitrogens with two attached hydrogens (primary N) is 1. The summed E-state index contributed by atoms with van der Waals surface area (Å²) in [5.74, 6) is -0.787. The van der Waals surface area contributed by atoms with Gasteiger partial charge in [-0.05, 0) is 30.7 Å². The van der Waals surface area contributed by atoms with E-state index in [9.17, 15) is 9.59 Å². The Morgan fingerprint density at radius 1 is 1.14 bits per heavy atom. The zero-order valence-corrected chi connectivity index (χ0v) is 17.1. The van der Waals surface area contributed by atoms with Crippen LogP contribution in [0.25, 0.3) is 0 Å². The number of anilines is 1. The van der Waals surface area contributed by atoms with Crippen LogP contribution in [-0.2, 0) is 9.59 Å². The first kappa shape index (κ1) is 20.4. The Morgan fingerprint density at radius 3 is 2.57 bits per heavy atom. The first-order valence-electron chi connectivity index (χ1n) is 8.28. The molecule has 1 heterocycles. The Morgan fingerprint density at radius 2 is 1.86 bits per heavy atom. The van der Waals surface area contributed by atoms with Crippen molar-refractivity contribution in [2.45, 2.75) is 18.6 Å². The number of carbonyl (C=O) groups is 2. The Kier molecular flexibility index (Phi) is 6.39. The highest BCUT2D eigenvalue weighted by molar-refractivity contribution is 8.14. The van der Waals surface area contributed by atoms with Gasteiger partial charge in [0.15, 0.2) is 5.17 Å². The van der Waals surface area contributed by atoms with Gasteiger partial charge in [0.25, 0.3) is 0 Å². The molecule has 2 aromatic carbocycles. The molecule has 9 heteroatoms. The number of carbonyl (C=O) groups excluding carboxylic acids is 2. The molecule has 2 N–H and O–H groups in total. The molecule has 0 radical (unpaired) electrons. The van der Waals surface area contributed by atoms with Gasteiger partial charge in [-0.25, -0.2) is 4.90 Å². The molecular formula is C19H16Cl2N4O2S. The highest BCUT2D eigenvalue weighted by Gasteiger charge is 2.41. The second kappa shape index (κ2) is 8.77. The fourth-order valence-corrected chi connectivity index (χ4v) is 3.82. The smallest absolute Gasteiger partial charge is 0.247 e. The molecule has 2 aromatic rings.